The average molecular weight is 833 g/mol. The largest absolute Gasteiger partial charge is 0.494 e. The van der Waals surface area contributed by atoms with Gasteiger partial charge in [0.2, 0.25) is 17.8 Å². The zero-order valence-corrected chi connectivity index (χ0v) is 37.2. The van der Waals surface area contributed by atoms with E-state index in [0.717, 1.165) is 85.8 Å². The third-order valence-corrected chi connectivity index (χ3v) is 13.4. The van der Waals surface area contributed by atoms with Gasteiger partial charge in [0.05, 0.1) is 18.5 Å². The van der Waals surface area contributed by atoms with Gasteiger partial charge in [-0.3, -0.25) is 23.9 Å². The van der Waals surface area contributed by atoms with Crippen molar-refractivity contribution in [3.05, 3.63) is 70.6 Å². The molecule has 7 rings (SSSR count). The van der Waals surface area contributed by atoms with E-state index in [9.17, 15) is 14.4 Å². The van der Waals surface area contributed by atoms with Crippen molar-refractivity contribution in [1.29, 1.82) is 0 Å². The average Bonchev–Trinajstić information content (AvgIpc) is 3.22. The Bertz CT molecular complexity index is 2180. The van der Waals surface area contributed by atoms with Crippen LogP contribution in [0, 0.1) is 30.1 Å². The van der Waals surface area contributed by atoms with Crippen molar-refractivity contribution in [1.82, 2.24) is 24.8 Å². The third-order valence-electron chi connectivity index (χ3n) is 13.4. The molecule has 2 atom stereocenters. The summed E-state index contributed by atoms with van der Waals surface area (Å²) in [7, 11) is 1.66. The number of rotatable bonds is 18. The Hall–Kier alpha value is -4.97. The van der Waals surface area contributed by atoms with Crippen LogP contribution in [0.2, 0.25) is 0 Å². The number of aromatic nitrogens is 3. The third kappa shape index (κ3) is 11.5. The molecule has 2 aliphatic carbocycles. The first kappa shape index (κ1) is 44.1. The Morgan fingerprint density at radius 2 is 1.62 bits per heavy atom. The van der Waals surface area contributed by atoms with Gasteiger partial charge in [-0.25, -0.2) is 4.98 Å². The molecule has 0 radical (unpaired) electrons. The maximum Gasteiger partial charge on any atom is 0.257 e. The number of carbonyl (C=O) groups excluding carboxylic acids is 2. The minimum atomic E-state index is -0.227. The molecular formula is C49H68N8O4. The number of piperazine rings is 1. The van der Waals surface area contributed by atoms with Gasteiger partial charge in [0.25, 0.3) is 5.56 Å². The Kier molecular flexibility index (Phi) is 14.7. The van der Waals surface area contributed by atoms with Gasteiger partial charge >= 0.3 is 0 Å². The molecule has 4 aromatic rings. The molecule has 2 aromatic carbocycles. The number of benzene rings is 2. The number of pyridine rings is 1. The summed E-state index contributed by atoms with van der Waals surface area (Å²) in [6.45, 7) is 14.4. The summed E-state index contributed by atoms with van der Waals surface area (Å²) in [6.07, 6.45) is 16.6. The van der Waals surface area contributed by atoms with Gasteiger partial charge in [-0.1, -0.05) is 52.5 Å². The van der Waals surface area contributed by atoms with Crippen molar-refractivity contribution in [3.63, 3.8) is 0 Å². The van der Waals surface area contributed by atoms with Crippen molar-refractivity contribution in [2.75, 3.05) is 61.9 Å². The van der Waals surface area contributed by atoms with E-state index in [0.29, 0.717) is 41.6 Å². The molecule has 2 unspecified atom stereocenters. The number of amides is 2. The lowest BCUT2D eigenvalue weighted by Crippen LogP contribution is -2.46. The monoisotopic (exact) mass is 833 g/mol. The summed E-state index contributed by atoms with van der Waals surface area (Å²) in [4.78, 5) is 52.7. The van der Waals surface area contributed by atoms with Crippen LogP contribution in [0.1, 0.15) is 110 Å². The number of aryl methyl sites for hydroxylation is 1. The molecular weight excluding hydrogens is 765 g/mol. The van der Waals surface area contributed by atoms with Crippen LogP contribution in [0.25, 0.3) is 16.7 Å². The maximum absolute atomic E-state index is 13.4. The summed E-state index contributed by atoms with van der Waals surface area (Å²) in [6, 6.07) is 14.9. The lowest BCUT2D eigenvalue weighted by molar-refractivity contribution is -0.124. The van der Waals surface area contributed by atoms with E-state index in [4.69, 9.17) is 9.72 Å². The smallest absolute Gasteiger partial charge is 0.257 e. The van der Waals surface area contributed by atoms with Crippen LogP contribution in [0.5, 0.6) is 5.75 Å². The number of nitrogens with one attached hydrogen (secondary N) is 3. The first-order valence-corrected chi connectivity index (χ1v) is 23.0. The first-order valence-electron chi connectivity index (χ1n) is 23.0. The molecule has 2 bridgehead atoms. The molecule has 328 valence electrons. The highest BCUT2D eigenvalue weighted by Crippen LogP contribution is 2.51. The van der Waals surface area contributed by atoms with Crippen LogP contribution < -0.4 is 31.1 Å². The zero-order valence-electron chi connectivity index (χ0n) is 37.2. The number of methoxy groups -OCH3 is 1. The Morgan fingerprint density at radius 3 is 2.36 bits per heavy atom. The second-order valence-corrected chi connectivity index (χ2v) is 18.6. The molecule has 2 aromatic heterocycles. The molecule has 61 heavy (non-hydrogen) atoms. The van der Waals surface area contributed by atoms with Crippen LogP contribution in [0.4, 0.5) is 23.0 Å². The number of anilines is 4. The standard InChI is InChI=1S/C49H68N8O4/c1-6-44(58)52-38-14-13-15-40(28-38)57-46(60)26-35(3)41-33-51-48(54-47(41)57)53-42-17-16-39(29-43(42)61-5)56-22-20-55(21-23-56)19-12-10-8-7-9-11-18-50-45(59)32-49(4)30-36-24-34(2)25-37(27-36)31-49/h13-17,26,28-29,33-34,36-37H,6-12,18-25,27,30-32H2,1-5H3,(H,50,59)(H,52,58)(H,51,53,54). The molecule has 3 heterocycles. The molecule has 12 heteroatoms. The Balaban J connectivity index is 0.833. The fourth-order valence-electron chi connectivity index (χ4n) is 10.6. The van der Waals surface area contributed by atoms with E-state index in [1.54, 1.807) is 49.1 Å². The van der Waals surface area contributed by atoms with Crippen molar-refractivity contribution >= 4 is 45.9 Å². The fourth-order valence-corrected chi connectivity index (χ4v) is 10.6. The van der Waals surface area contributed by atoms with Crippen molar-refractivity contribution in [2.45, 2.75) is 111 Å². The molecule has 1 saturated heterocycles. The van der Waals surface area contributed by atoms with Gasteiger partial charge in [-0.05, 0) is 117 Å². The normalized spacial score (nSPS) is 21.6. The van der Waals surface area contributed by atoms with Crippen molar-refractivity contribution < 1.29 is 14.3 Å². The van der Waals surface area contributed by atoms with Crippen LogP contribution in [-0.2, 0) is 9.59 Å². The Labute approximate surface area is 362 Å². The fraction of sp³-hybridized carbons (Fsp3) is 0.571. The Morgan fingerprint density at radius 1 is 0.885 bits per heavy atom. The highest BCUT2D eigenvalue weighted by molar-refractivity contribution is 5.91. The minimum absolute atomic E-state index is 0.104. The van der Waals surface area contributed by atoms with E-state index in [-0.39, 0.29) is 22.8 Å². The summed E-state index contributed by atoms with van der Waals surface area (Å²) in [5.41, 5.74) is 4.24. The molecule has 1 aliphatic heterocycles. The number of unbranched alkanes of at least 4 members (excludes halogenated alkanes) is 5. The second kappa shape index (κ2) is 20.3. The van der Waals surface area contributed by atoms with Crippen LogP contribution in [0.3, 0.4) is 0 Å². The number of nitrogens with zero attached hydrogens (tertiary/aromatic N) is 5. The number of hydrogen-bond acceptors (Lipinski definition) is 9. The van der Waals surface area contributed by atoms with E-state index in [1.807, 2.05) is 19.1 Å². The van der Waals surface area contributed by atoms with Crippen LogP contribution in [-0.4, -0.2) is 77.6 Å². The second-order valence-electron chi connectivity index (χ2n) is 18.6. The van der Waals surface area contributed by atoms with Gasteiger partial charge < -0.3 is 25.6 Å². The summed E-state index contributed by atoms with van der Waals surface area (Å²) < 4.78 is 7.39. The topological polar surface area (TPSA) is 134 Å². The molecule has 3 fully saturated rings. The number of carbonyl (C=O) groups is 2. The zero-order chi connectivity index (χ0) is 42.9. The molecule has 0 spiro atoms. The van der Waals surface area contributed by atoms with Crippen molar-refractivity contribution in [3.8, 4) is 11.4 Å². The van der Waals surface area contributed by atoms with Gasteiger partial charge in [0, 0.05) is 80.7 Å². The minimum Gasteiger partial charge on any atom is -0.494 e. The molecule has 3 aliphatic rings. The van der Waals surface area contributed by atoms with E-state index >= 15 is 0 Å². The molecule has 2 saturated carbocycles. The SMILES string of the molecule is CCC(=O)Nc1cccc(-n2c(=O)cc(C)c3cnc(Nc4ccc(N5CCN(CCCCCCCCNC(=O)CC6(C)CC7CC(C)CC(C7)C6)CC5)cc4OC)nc32)c1. The van der Waals surface area contributed by atoms with E-state index in [1.165, 1.54) is 64.2 Å². The van der Waals surface area contributed by atoms with Crippen LogP contribution in [0.15, 0.2) is 59.5 Å². The summed E-state index contributed by atoms with van der Waals surface area (Å²) >= 11 is 0. The number of fused-ring (bicyclic) bond motifs is 3. The van der Waals surface area contributed by atoms with Gasteiger partial charge in [-0.15, -0.1) is 0 Å². The summed E-state index contributed by atoms with van der Waals surface area (Å²) in [5, 5.41) is 10.2. The molecule has 3 N–H and O–H groups in total. The number of hydrogen-bond donors (Lipinski definition) is 3. The van der Waals surface area contributed by atoms with Crippen LogP contribution >= 0.6 is 0 Å². The van der Waals surface area contributed by atoms with Crippen molar-refractivity contribution in [2.24, 2.45) is 23.2 Å². The highest BCUT2D eigenvalue weighted by Gasteiger charge is 2.41. The van der Waals surface area contributed by atoms with E-state index < -0.39 is 0 Å². The predicted molar refractivity (Wildman–Crippen MR) is 246 cm³/mol. The summed E-state index contributed by atoms with van der Waals surface area (Å²) in [5.74, 6) is 3.71. The quantitative estimate of drug-likeness (QED) is 0.0841. The first-order chi connectivity index (χ1) is 29.5. The molecule has 12 nitrogen and oxygen atoms in total. The van der Waals surface area contributed by atoms with Gasteiger partial charge in [0.1, 0.15) is 5.75 Å². The lowest BCUT2D eigenvalue weighted by atomic mass is 9.58. The van der Waals surface area contributed by atoms with Gasteiger partial charge in [0.15, 0.2) is 5.65 Å². The predicted octanol–water partition coefficient (Wildman–Crippen LogP) is 9.01. The maximum atomic E-state index is 13.4. The van der Waals surface area contributed by atoms with Gasteiger partial charge in [-0.2, -0.15) is 4.98 Å². The number of ether oxygens (including phenoxy) is 1. The molecule has 2 amide bonds. The highest BCUT2D eigenvalue weighted by atomic mass is 16.5. The lowest BCUT2D eigenvalue weighted by Gasteiger charge is -2.47. The van der Waals surface area contributed by atoms with E-state index in [2.05, 4.69) is 56.7 Å².